The SMILES string of the molecule is COCCc1nc2sc(C(=O)O)c(C)c2c(=O)n1C(C)(C)C(=O)O. The molecular formula is C15H18N2O6S. The molecule has 0 unspecified atom stereocenters. The summed E-state index contributed by atoms with van der Waals surface area (Å²) in [4.78, 5) is 40.6. The minimum atomic E-state index is -1.53. The number of fused-ring (bicyclic) bond motifs is 1. The zero-order valence-corrected chi connectivity index (χ0v) is 14.6. The molecule has 0 bridgehead atoms. The van der Waals surface area contributed by atoms with Crippen molar-refractivity contribution in [2.45, 2.75) is 32.7 Å². The summed E-state index contributed by atoms with van der Waals surface area (Å²) in [5.41, 5.74) is -1.79. The molecule has 0 saturated heterocycles. The van der Waals surface area contributed by atoms with E-state index in [0.29, 0.717) is 10.4 Å². The lowest BCUT2D eigenvalue weighted by molar-refractivity contribution is -0.146. The van der Waals surface area contributed by atoms with Gasteiger partial charge in [0.1, 0.15) is 21.1 Å². The lowest BCUT2D eigenvalue weighted by Crippen LogP contribution is -2.45. The number of methoxy groups -OCH3 is 1. The molecule has 0 aliphatic rings. The molecule has 0 atom stereocenters. The van der Waals surface area contributed by atoms with Crippen LogP contribution >= 0.6 is 11.3 Å². The van der Waals surface area contributed by atoms with E-state index in [4.69, 9.17) is 4.74 Å². The number of carboxylic acid groups (broad SMARTS) is 2. The van der Waals surface area contributed by atoms with E-state index < -0.39 is 23.0 Å². The van der Waals surface area contributed by atoms with Gasteiger partial charge in [-0.25, -0.2) is 14.6 Å². The Morgan fingerprint density at radius 1 is 1.33 bits per heavy atom. The van der Waals surface area contributed by atoms with Crippen molar-refractivity contribution in [3.05, 3.63) is 26.6 Å². The molecule has 2 heterocycles. The fourth-order valence-corrected chi connectivity index (χ4v) is 3.49. The van der Waals surface area contributed by atoms with Gasteiger partial charge in [0.15, 0.2) is 0 Å². The molecule has 24 heavy (non-hydrogen) atoms. The van der Waals surface area contributed by atoms with Crippen LogP contribution in [0.3, 0.4) is 0 Å². The number of aliphatic carboxylic acids is 1. The van der Waals surface area contributed by atoms with Crippen LogP contribution in [0.5, 0.6) is 0 Å². The molecule has 2 aromatic rings. The summed E-state index contributed by atoms with van der Waals surface area (Å²) in [6.07, 6.45) is 0.234. The van der Waals surface area contributed by atoms with Crippen molar-refractivity contribution < 1.29 is 24.5 Å². The molecule has 0 aliphatic heterocycles. The Labute approximate surface area is 141 Å². The molecular weight excluding hydrogens is 336 g/mol. The molecule has 9 heteroatoms. The molecule has 8 nitrogen and oxygen atoms in total. The third kappa shape index (κ3) is 2.80. The quantitative estimate of drug-likeness (QED) is 0.806. The Morgan fingerprint density at radius 3 is 2.46 bits per heavy atom. The Balaban J connectivity index is 2.90. The number of hydrogen-bond donors (Lipinski definition) is 2. The largest absolute Gasteiger partial charge is 0.480 e. The van der Waals surface area contributed by atoms with Crippen LogP contribution in [-0.2, 0) is 21.5 Å². The molecule has 0 amide bonds. The Hall–Kier alpha value is -2.26. The van der Waals surface area contributed by atoms with E-state index in [2.05, 4.69) is 4.98 Å². The molecule has 0 spiro atoms. The highest BCUT2D eigenvalue weighted by Crippen LogP contribution is 2.29. The van der Waals surface area contributed by atoms with E-state index in [-0.39, 0.29) is 29.1 Å². The normalized spacial score (nSPS) is 11.8. The number of aryl methyl sites for hydroxylation is 1. The molecule has 130 valence electrons. The number of aromatic carboxylic acids is 1. The number of rotatable bonds is 6. The van der Waals surface area contributed by atoms with Crippen LogP contribution in [0.25, 0.3) is 10.2 Å². The summed E-state index contributed by atoms with van der Waals surface area (Å²) in [6, 6.07) is 0. The average Bonchev–Trinajstić information content (AvgIpc) is 2.82. The maximum absolute atomic E-state index is 13.0. The van der Waals surface area contributed by atoms with Crippen LogP contribution in [0.4, 0.5) is 0 Å². The van der Waals surface area contributed by atoms with Crippen LogP contribution in [0.15, 0.2) is 4.79 Å². The van der Waals surface area contributed by atoms with Gasteiger partial charge in [-0.1, -0.05) is 0 Å². The smallest absolute Gasteiger partial charge is 0.346 e. The second-order valence-electron chi connectivity index (χ2n) is 5.82. The van der Waals surface area contributed by atoms with E-state index >= 15 is 0 Å². The summed E-state index contributed by atoms with van der Waals surface area (Å²) in [7, 11) is 1.49. The number of hydrogen-bond acceptors (Lipinski definition) is 6. The number of nitrogens with zero attached hydrogens (tertiary/aromatic N) is 2. The molecule has 2 N–H and O–H groups in total. The van der Waals surface area contributed by atoms with Crippen molar-refractivity contribution in [3.63, 3.8) is 0 Å². The fourth-order valence-electron chi connectivity index (χ4n) is 2.46. The zero-order valence-electron chi connectivity index (χ0n) is 13.7. The van der Waals surface area contributed by atoms with Crippen LogP contribution in [0.2, 0.25) is 0 Å². The molecule has 0 saturated carbocycles. The van der Waals surface area contributed by atoms with Crippen molar-refractivity contribution in [2.75, 3.05) is 13.7 Å². The lowest BCUT2D eigenvalue weighted by atomic mass is 10.0. The number of ether oxygens (including phenoxy) is 1. The topological polar surface area (TPSA) is 119 Å². The Bertz CT molecular complexity index is 880. The molecule has 0 radical (unpaired) electrons. The van der Waals surface area contributed by atoms with Crippen LogP contribution in [-0.4, -0.2) is 45.4 Å². The summed E-state index contributed by atoms with van der Waals surface area (Å²) in [5.74, 6) is -2.08. The minimum Gasteiger partial charge on any atom is -0.480 e. The second-order valence-corrected chi connectivity index (χ2v) is 6.82. The van der Waals surface area contributed by atoms with Crippen LogP contribution in [0, 0.1) is 6.92 Å². The van der Waals surface area contributed by atoms with Gasteiger partial charge in [-0.05, 0) is 26.3 Å². The van der Waals surface area contributed by atoms with Crippen molar-refractivity contribution in [3.8, 4) is 0 Å². The molecule has 2 rings (SSSR count). The highest BCUT2D eigenvalue weighted by atomic mass is 32.1. The van der Waals surface area contributed by atoms with Crippen molar-refractivity contribution in [2.24, 2.45) is 0 Å². The summed E-state index contributed by atoms with van der Waals surface area (Å²) < 4.78 is 6.11. The summed E-state index contributed by atoms with van der Waals surface area (Å²) in [5, 5.41) is 18.9. The number of carboxylic acids is 2. The van der Waals surface area contributed by atoms with Gasteiger partial charge in [-0.2, -0.15) is 0 Å². The van der Waals surface area contributed by atoms with E-state index in [1.807, 2.05) is 0 Å². The predicted molar refractivity (Wildman–Crippen MR) is 88.1 cm³/mol. The van der Waals surface area contributed by atoms with Gasteiger partial charge in [-0.3, -0.25) is 9.36 Å². The van der Waals surface area contributed by atoms with Gasteiger partial charge in [-0.15, -0.1) is 11.3 Å². The highest BCUT2D eigenvalue weighted by Gasteiger charge is 2.34. The minimum absolute atomic E-state index is 0.0261. The third-order valence-electron chi connectivity index (χ3n) is 3.84. The van der Waals surface area contributed by atoms with Crippen LogP contribution < -0.4 is 5.56 Å². The monoisotopic (exact) mass is 354 g/mol. The number of carbonyl (C=O) groups is 2. The first-order chi connectivity index (χ1) is 11.1. The van der Waals surface area contributed by atoms with E-state index in [1.54, 1.807) is 0 Å². The zero-order chi connectivity index (χ0) is 18.2. The highest BCUT2D eigenvalue weighted by molar-refractivity contribution is 7.20. The Morgan fingerprint density at radius 2 is 1.96 bits per heavy atom. The predicted octanol–water partition coefficient (Wildman–Crippen LogP) is 1.47. The molecule has 0 fully saturated rings. The fraction of sp³-hybridized carbons (Fsp3) is 0.467. The number of thiophene rings is 1. The van der Waals surface area contributed by atoms with Gasteiger partial charge < -0.3 is 14.9 Å². The third-order valence-corrected chi connectivity index (χ3v) is 5.01. The van der Waals surface area contributed by atoms with Crippen LogP contribution in [0.1, 0.15) is 34.9 Å². The van der Waals surface area contributed by atoms with Crippen molar-refractivity contribution in [1.82, 2.24) is 9.55 Å². The molecule has 2 aromatic heterocycles. The van der Waals surface area contributed by atoms with Gasteiger partial charge in [0.2, 0.25) is 0 Å². The summed E-state index contributed by atoms with van der Waals surface area (Å²) in [6.45, 7) is 4.59. The van der Waals surface area contributed by atoms with Gasteiger partial charge in [0.05, 0.1) is 12.0 Å². The van der Waals surface area contributed by atoms with Gasteiger partial charge in [0, 0.05) is 13.5 Å². The Kier molecular flexibility index (Phi) is 4.77. The van der Waals surface area contributed by atoms with E-state index in [0.717, 1.165) is 15.9 Å². The van der Waals surface area contributed by atoms with Crippen molar-refractivity contribution in [1.29, 1.82) is 0 Å². The van der Waals surface area contributed by atoms with Gasteiger partial charge in [0.25, 0.3) is 5.56 Å². The molecule has 0 aromatic carbocycles. The second kappa shape index (κ2) is 6.33. The first kappa shape index (κ1) is 18.1. The molecule has 0 aliphatic carbocycles. The maximum atomic E-state index is 13.0. The van der Waals surface area contributed by atoms with Gasteiger partial charge >= 0.3 is 11.9 Å². The maximum Gasteiger partial charge on any atom is 0.346 e. The first-order valence-corrected chi connectivity index (χ1v) is 7.95. The number of aromatic nitrogens is 2. The lowest BCUT2D eigenvalue weighted by Gasteiger charge is -2.25. The van der Waals surface area contributed by atoms with E-state index in [9.17, 15) is 24.6 Å². The van der Waals surface area contributed by atoms with Crippen molar-refractivity contribution >= 4 is 33.5 Å². The average molecular weight is 354 g/mol. The first-order valence-electron chi connectivity index (χ1n) is 7.14. The van der Waals surface area contributed by atoms with E-state index in [1.165, 1.54) is 27.9 Å². The standard InChI is InChI=1S/C15H18N2O6S/c1-7-9-11(24-10(7)13(19)20)16-8(5-6-23-4)17(12(9)18)15(2,3)14(21)22/h5-6H2,1-4H3,(H,19,20)(H,21,22). The summed E-state index contributed by atoms with van der Waals surface area (Å²) >= 11 is 0.909.